The van der Waals surface area contributed by atoms with Crippen LogP contribution in [0.3, 0.4) is 0 Å². The number of nitrogens with two attached hydrogens (primary N) is 2. The molecule has 4 aromatic rings. The van der Waals surface area contributed by atoms with Crippen LogP contribution in [-0.2, 0) is 22.4 Å². The molecule has 32 heavy (non-hydrogen) atoms. The Kier molecular flexibility index (Phi) is 5.25. The van der Waals surface area contributed by atoms with Gasteiger partial charge in [-0.2, -0.15) is 0 Å². The van der Waals surface area contributed by atoms with Crippen molar-refractivity contribution in [2.24, 2.45) is 11.5 Å². The molecule has 166 valence electrons. The number of carboxylic acids is 2. The summed E-state index contributed by atoms with van der Waals surface area (Å²) in [5, 5.41) is 41.1. The fourth-order valence-electron chi connectivity index (χ4n) is 4.04. The van der Waals surface area contributed by atoms with Gasteiger partial charge in [-0.3, -0.25) is 9.59 Å². The van der Waals surface area contributed by atoms with Crippen LogP contribution < -0.4 is 11.5 Å². The van der Waals surface area contributed by atoms with Gasteiger partial charge in [0.05, 0.1) is 0 Å². The summed E-state index contributed by atoms with van der Waals surface area (Å²) in [5.41, 5.74) is 14.4. The van der Waals surface area contributed by atoms with E-state index in [1.807, 2.05) is 0 Å². The Morgan fingerprint density at radius 2 is 1.12 bits per heavy atom. The zero-order chi connectivity index (χ0) is 23.2. The molecule has 0 bridgehead atoms. The molecule has 0 aliphatic heterocycles. The maximum absolute atomic E-state index is 11.3. The molecule has 0 saturated heterocycles. The number of aromatic nitrogens is 2. The van der Waals surface area contributed by atoms with Crippen molar-refractivity contribution in [3.05, 3.63) is 47.8 Å². The Bertz CT molecular complexity index is 1250. The second-order valence-electron chi connectivity index (χ2n) is 7.69. The Labute approximate surface area is 181 Å². The highest BCUT2D eigenvalue weighted by molar-refractivity contribution is 6.10. The summed E-state index contributed by atoms with van der Waals surface area (Å²) in [6, 6.07) is 3.87. The third kappa shape index (κ3) is 3.51. The predicted molar refractivity (Wildman–Crippen MR) is 118 cm³/mol. The molecule has 0 spiro atoms. The van der Waals surface area contributed by atoms with Crippen molar-refractivity contribution in [1.82, 2.24) is 9.97 Å². The molecule has 0 aliphatic carbocycles. The monoisotopic (exact) mass is 438 g/mol. The number of phenols is 2. The maximum atomic E-state index is 11.3. The highest BCUT2D eigenvalue weighted by atomic mass is 16.4. The van der Waals surface area contributed by atoms with Crippen LogP contribution in [0.1, 0.15) is 11.1 Å². The van der Waals surface area contributed by atoms with E-state index < -0.39 is 24.0 Å². The first kappa shape index (κ1) is 21.2. The summed E-state index contributed by atoms with van der Waals surface area (Å²) >= 11 is 0. The molecular formula is C22H22N4O6. The Hall–Kier alpha value is -4.02. The Morgan fingerprint density at radius 3 is 1.47 bits per heavy atom. The molecule has 10 heteroatoms. The van der Waals surface area contributed by atoms with E-state index in [1.165, 1.54) is 12.1 Å². The van der Waals surface area contributed by atoms with Crippen LogP contribution in [0.4, 0.5) is 0 Å². The molecule has 2 heterocycles. The number of benzene rings is 2. The second-order valence-corrected chi connectivity index (χ2v) is 7.69. The van der Waals surface area contributed by atoms with Crippen LogP contribution in [0.5, 0.6) is 11.5 Å². The van der Waals surface area contributed by atoms with Gasteiger partial charge in [-0.1, -0.05) is 0 Å². The van der Waals surface area contributed by atoms with Crippen LogP contribution in [0.2, 0.25) is 0 Å². The number of aromatic hydroxyl groups is 2. The van der Waals surface area contributed by atoms with E-state index in [4.69, 9.17) is 11.5 Å². The van der Waals surface area contributed by atoms with Crippen LogP contribution in [-0.4, -0.2) is 54.4 Å². The van der Waals surface area contributed by atoms with Gasteiger partial charge in [-0.25, -0.2) is 0 Å². The number of aromatic amines is 2. The summed E-state index contributed by atoms with van der Waals surface area (Å²) in [7, 11) is 0. The highest BCUT2D eigenvalue weighted by Crippen LogP contribution is 2.46. The van der Waals surface area contributed by atoms with Gasteiger partial charge in [0, 0.05) is 58.2 Å². The lowest BCUT2D eigenvalue weighted by atomic mass is 9.91. The predicted octanol–water partition coefficient (Wildman–Crippen LogP) is 1.64. The molecule has 2 unspecified atom stereocenters. The lowest BCUT2D eigenvalue weighted by Gasteiger charge is -2.15. The van der Waals surface area contributed by atoms with E-state index in [1.54, 1.807) is 24.5 Å². The normalized spacial score (nSPS) is 13.4. The number of carbonyl (C=O) groups is 2. The highest BCUT2D eigenvalue weighted by Gasteiger charge is 2.24. The lowest BCUT2D eigenvalue weighted by molar-refractivity contribution is -0.139. The number of H-pyrrole nitrogens is 2. The third-order valence-corrected chi connectivity index (χ3v) is 5.58. The van der Waals surface area contributed by atoms with Crippen LogP contribution >= 0.6 is 0 Å². The second kappa shape index (κ2) is 7.91. The van der Waals surface area contributed by atoms with E-state index in [0.29, 0.717) is 32.9 Å². The SMILES string of the molecule is NC(Cc1c[nH]c2ccc(O)c(-c3c(O)ccc4[nH]cc(CC(N)C(=O)O)c34)c12)C(=O)O. The first-order valence-corrected chi connectivity index (χ1v) is 9.80. The summed E-state index contributed by atoms with van der Waals surface area (Å²) in [6.45, 7) is 0. The molecule has 0 fully saturated rings. The topological polar surface area (TPSA) is 199 Å². The maximum Gasteiger partial charge on any atom is 0.320 e. The summed E-state index contributed by atoms with van der Waals surface area (Å²) in [6.07, 6.45) is 3.22. The summed E-state index contributed by atoms with van der Waals surface area (Å²) in [5.74, 6) is -2.61. The van der Waals surface area contributed by atoms with Gasteiger partial charge in [-0.15, -0.1) is 0 Å². The number of rotatable bonds is 7. The smallest absolute Gasteiger partial charge is 0.320 e. The zero-order valence-corrected chi connectivity index (χ0v) is 16.8. The van der Waals surface area contributed by atoms with Gasteiger partial charge in [0.25, 0.3) is 0 Å². The van der Waals surface area contributed by atoms with Crippen molar-refractivity contribution in [2.45, 2.75) is 24.9 Å². The van der Waals surface area contributed by atoms with Gasteiger partial charge in [0.2, 0.25) is 0 Å². The molecule has 0 amide bonds. The number of hydrogen-bond acceptors (Lipinski definition) is 6. The number of carboxylic acid groups (broad SMARTS) is 2. The van der Waals surface area contributed by atoms with Crippen molar-refractivity contribution >= 4 is 33.7 Å². The van der Waals surface area contributed by atoms with Gasteiger partial charge in [0.1, 0.15) is 23.6 Å². The van der Waals surface area contributed by atoms with Crippen molar-refractivity contribution in [3.63, 3.8) is 0 Å². The first-order chi connectivity index (χ1) is 15.2. The van der Waals surface area contributed by atoms with E-state index in [9.17, 15) is 30.0 Å². The quantitative estimate of drug-likeness (QED) is 0.213. The molecule has 4 rings (SSSR count). The molecule has 0 saturated carbocycles. The third-order valence-electron chi connectivity index (χ3n) is 5.58. The molecule has 10 nitrogen and oxygen atoms in total. The minimum atomic E-state index is -1.17. The largest absolute Gasteiger partial charge is 0.507 e. The lowest BCUT2D eigenvalue weighted by Crippen LogP contribution is -2.32. The first-order valence-electron chi connectivity index (χ1n) is 9.80. The minimum absolute atomic E-state index is 0.00753. The van der Waals surface area contributed by atoms with Gasteiger partial charge in [0.15, 0.2) is 0 Å². The number of fused-ring (bicyclic) bond motifs is 2. The summed E-state index contributed by atoms with van der Waals surface area (Å²) in [4.78, 5) is 28.7. The molecule has 2 aromatic heterocycles. The van der Waals surface area contributed by atoms with Crippen molar-refractivity contribution in [1.29, 1.82) is 0 Å². The van der Waals surface area contributed by atoms with E-state index >= 15 is 0 Å². The van der Waals surface area contributed by atoms with E-state index in [0.717, 1.165) is 0 Å². The number of phenolic OH excluding ortho intramolecular Hbond substituents is 2. The minimum Gasteiger partial charge on any atom is -0.507 e. The number of hydrogen-bond donors (Lipinski definition) is 8. The van der Waals surface area contributed by atoms with E-state index in [-0.39, 0.29) is 35.5 Å². The number of aliphatic carboxylic acids is 2. The average molecular weight is 438 g/mol. The van der Waals surface area contributed by atoms with Crippen molar-refractivity contribution < 1.29 is 30.0 Å². The Morgan fingerprint density at radius 1 is 0.750 bits per heavy atom. The van der Waals surface area contributed by atoms with Crippen LogP contribution in [0, 0.1) is 0 Å². The van der Waals surface area contributed by atoms with Crippen LogP contribution in [0.25, 0.3) is 32.9 Å². The van der Waals surface area contributed by atoms with Gasteiger partial charge in [-0.05, 0) is 35.4 Å². The molecule has 0 aliphatic rings. The fourth-order valence-corrected chi connectivity index (χ4v) is 4.04. The standard InChI is InChI=1S/C22H22N4O6/c23-11(21(29)30)5-9-7-25-13-1-3-15(27)19(17(9)13)20-16(28)4-2-14-18(20)10(8-26-14)6-12(24)22(31)32/h1-4,7-8,11-12,25-28H,5-6,23-24H2,(H,29,30)(H,31,32). The zero-order valence-electron chi connectivity index (χ0n) is 16.8. The van der Waals surface area contributed by atoms with E-state index in [2.05, 4.69) is 9.97 Å². The summed E-state index contributed by atoms with van der Waals surface area (Å²) < 4.78 is 0. The average Bonchev–Trinajstić information content (AvgIpc) is 3.33. The molecular weight excluding hydrogens is 416 g/mol. The van der Waals surface area contributed by atoms with Crippen LogP contribution in [0.15, 0.2) is 36.7 Å². The van der Waals surface area contributed by atoms with Crippen molar-refractivity contribution in [3.8, 4) is 22.6 Å². The Balaban J connectivity index is 2.01. The van der Waals surface area contributed by atoms with Gasteiger partial charge < -0.3 is 41.9 Å². The molecule has 2 aromatic carbocycles. The van der Waals surface area contributed by atoms with Gasteiger partial charge >= 0.3 is 11.9 Å². The molecule has 10 N–H and O–H groups in total. The number of nitrogens with one attached hydrogen (secondary N) is 2. The molecule has 2 atom stereocenters. The molecule has 0 radical (unpaired) electrons. The fraction of sp³-hybridized carbons (Fsp3) is 0.182. The van der Waals surface area contributed by atoms with Crippen molar-refractivity contribution in [2.75, 3.05) is 0 Å².